The molecule has 2 N–H and O–H groups in total. The predicted octanol–water partition coefficient (Wildman–Crippen LogP) is 4.22. The average Bonchev–Trinajstić information content (AvgIpc) is 2.79. The summed E-state index contributed by atoms with van der Waals surface area (Å²) in [4.78, 5) is 36.6. The molecule has 0 saturated carbocycles. The lowest BCUT2D eigenvalue weighted by Crippen LogP contribution is -2.27. The molecular weight excluding hydrogens is 380 g/mol. The van der Waals surface area contributed by atoms with E-state index in [1.54, 1.807) is 48.5 Å². The smallest absolute Gasteiger partial charge is 0.337 e. The predicted molar refractivity (Wildman–Crippen MR) is 114 cm³/mol. The van der Waals surface area contributed by atoms with Gasteiger partial charge in [0.25, 0.3) is 11.8 Å². The number of hydrogen-bond acceptors (Lipinski definition) is 4. The minimum absolute atomic E-state index is 0.205. The average molecular weight is 402 g/mol. The Balaban J connectivity index is 1.69. The maximum absolute atomic E-state index is 12.6. The molecule has 0 aliphatic carbocycles. The number of nitrogens with one attached hydrogen (secondary N) is 2. The number of ether oxygens (including phenoxy) is 1. The van der Waals surface area contributed by atoms with Gasteiger partial charge < -0.3 is 15.4 Å². The Labute approximate surface area is 174 Å². The molecule has 0 spiro atoms. The Kier molecular flexibility index (Phi) is 6.60. The number of amides is 2. The zero-order valence-electron chi connectivity index (χ0n) is 16.7. The molecule has 0 radical (unpaired) electrons. The molecular formula is C24H22N2O4. The van der Waals surface area contributed by atoms with E-state index in [0.717, 1.165) is 5.56 Å². The Morgan fingerprint density at radius 2 is 1.43 bits per heavy atom. The fourth-order valence-corrected chi connectivity index (χ4v) is 2.95. The summed E-state index contributed by atoms with van der Waals surface area (Å²) in [6.45, 7) is 1.85. The summed E-state index contributed by atoms with van der Waals surface area (Å²) < 4.78 is 4.69. The van der Waals surface area contributed by atoms with E-state index >= 15 is 0 Å². The maximum atomic E-state index is 12.6. The molecule has 0 bridgehead atoms. The van der Waals surface area contributed by atoms with Crippen LogP contribution in [0.1, 0.15) is 49.6 Å². The SMILES string of the molecule is COC(=O)c1cccc(C(=O)NC(C)c2cccc(NC(=O)c3ccccc3)c2)c1. The third kappa shape index (κ3) is 5.11. The highest BCUT2D eigenvalue weighted by atomic mass is 16.5. The van der Waals surface area contributed by atoms with Gasteiger partial charge in [-0.05, 0) is 55.0 Å². The monoisotopic (exact) mass is 402 g/mol. The molecule has 1 atom stereocenters. The zero-order valence-corrected chi connectivity index (χ0v) is 16.7. The van der Waals surface area contributed by atoms with E-state index in [1.807, 2.05) is 31.2 Å². The van der Waals surface area contributed by atoms with Gasteiger partial charge in [0, 0.05) is 16.8 Å². The van der Waals surface area contributed by atoms with Crippen molar-refractivity contribution in [2.45, 2.75) is 13.0 Å². The summed E-state index contributed by atoms with van der Waals surface area (Å²) in [6.07, 6.45) is 0. The summed E-state index contributed by atoms with van der Waals surface area (Å²) in [6, 6.07) is 22.3. The lowest BCUT2D eigenvalue weighted by atomic mass is 10.1. The zero-order chi connectivity index (χ0) is 21.5. The van der Waals surface area contributed by atoms with Crippen molar-refractivity contribution in [1.29, 1.82) is 0 Å². The van der Waals surface area contributed by atoms with Crippen molar-refractivity contribution in [1.82, 2.24) is 5.32 Å². The van der Waals surface area contributed by atoms with E-state index in [0.29, 0.717) is 22.4 Å². The molecule has 2 amide bonds. The Morgan fingerprint density at radius 1 is 0.767 bits per heavy atom. The standard InChI is InChI=1S/C24H22N2O4/c1-16(25-23(28)19-11-6-12-20(14-19)24(29)30-2)18-10-7-13-21(15-18)26-22(27)17-8-4-3-5-9-17/h3-16H,1-2H3,(H,25,28)(H,26,27). The largest absolute Gasteiger partial charge is 0.465 e. The number of benzene rings is 3. The van der Waals surface area contributed by atoms with Crippen LogP contribution in [0.15, 0.2) is 78.9 Å². The van der Waals surface area contributed by atoms with Crippen LogP contribution in [-0.4, -0.2) is 24.9 Å². The topological polar surface area (TPSA) is 84.5 Å². The Morgan fingerprint density at radius 3 is 2.17 bits per heavy atom. The molecule has 6 heteroatoms. The van der Waals surface area contributed by atoms with E-state index in [2.05, 4.69) is 10.6 Å². The number of hydrogen-bond donors (Lipinski definition) is 2. The van der Waals surface area contributed by atoms with Gasteiger partial charge in [0.05, 0.1) is 18.7 Å². The van der Waals surface area contributed by atoms with Crippen LogP contribution in [0.5, 0.6) is 0 Å². The molecule has 152 valence electrons. The van der Waals surface area contributed by atoms with Gasteiger partial charge in [0.1, 0.15) is 0 Å². The second-order valence-corrected chi connectivity index (χ2v) is 6.71. The normalized spacial score (nSPS) is 11.3. The maximum Gasteiger partial charge on any atom is 0.337 e. The van der Waals surface area contributed by atoms with Crippen LogP contribution in [0.25, 0.3) is 0 Å². The van der Waals surface area contributed by atoms with Gasteiger partial charge in [-0.2, -0.15) is 0 Å². The highest BCUT2D eigenvalue weighted by Crippen LogP contribution is 2.19. The van der Waals surface area contributed by atoms with E-state index in [9.17, 15) is 14.4 Å². The van der Waals surface area contributed by atoms with Crippen molar-refractivity contribution in [3.63, 3.8) is 0 Å². The highest BCUT2D eigenvalue weighted by molar-refractivity contribution is 6.04. The van der Waals surface area contributed by atoms with Gasteiger partial charge in [-0.1, -0.05) is 36.4 Å². The first-order chi connectivity index (χ1) is 14.5. The second kappa shape index (κ2) is 9.52. The van der Waals surface area contributed by atoms with Gasteiger partial charge in [0.15, 0.2) is 0 Å². The minimum atomic E-state index is -0.500. The van der Waals surface area contributed by atoms with Crippen LogP contribution >= 0.6 is 0 Å². The van der Waals surface area contributed by atoms with E-state index in [-0.39, 0.29) is 17.9 Å². The summed E-state index contributed by atoms with van der Waals surface area (Å²) in [5.74, 6) is -1.02. The van der Waals surface area contributed by atoms with Gasteiger partial charge in [-0.15, -0.1) is 0 Å². The van der Waals surface area contributed by atoms with Crippen molar-refractivity contribution >= 4 is 23.5 Å². The van der Waals surface area contributed by atoms with Crippen molar-refractivity contribution < 1.29 is 19.1 Å². The van der Waals surface area contributed by atoms with Crippen LogP contribution in [-0.2, 0) is 4.74 Å². The quantitative estimate of drug-likeness (QED) is 0.605. The molecule has 30 heavy (non-hydrogen) atoms. The van der Waals surface area contributed by atoms with Crippen molar-refractivity contribution in [3.05, 3.63) is 101 Å². The van der Waals surface area contributed by atoms with Crippen molar-refractivity contribution in [2.75, 3.05) is 12.4 Å². The lowest BCUT2D eigenvalue weighted by Gasteiger charge is -2.16. The molecule has 0 aromatic heterocycles. The van der Waals surface area contributed by atoms with Gasteiger partial charge in [0.2, 0.25) is 0 Å². The lowest BCUT2D eigenvalue weighted by molar-refractivity contribution is 0.0600. The van der Waals surface area contributed by atoms with Gasteiger partial charge in [-0.3, -0.25) is 9.59 Å². The van der Waals surface area contributed by atoms with Crippen molar-refractivity contribution in [2.24, 2.45) is 0 Å². The van der Waals surface area contributed by atoms with Crippen LogP contribution in [0.4, 0.5) is 5.69 Å². The fraction of sp³-hybridized carbons (Fsp3) is 0.125. The Hall–Kier alpha value is -3.93. The molecule has 0 saturated heterocycles. The van der Waals surface area contributed by atoms with E-state index in [1.165, 1.54) is 13.2 Å². The van der Waals surface area contributed by atoms with Crippen molar-refractivity contribution in [3.8, 4) is 0 Å². The molecule has 0 aliphatic heterocycles. The molecule has 0 heterocycles. The Bertz CT molecular complexity index is 1060. The summed E-state index contributed by atoms with van der Waals surface area (Å²) in [5, 5.41) is 5.77. The third-order valence-corrected chi connectivity index (χ3v) is 4.57. The molecule has 3 rings (SSSR count). The number of anilines is 1. The summed E-state index contributed by atoms with van der Waals surface area (Å²) >= 11 is 0. The second-order valence-electron chi connectivity index (χ2n) is 6.71. The first-order valence-corrected chi connectivity index (χ1v) is 9.43. The highest BCUT2D eigenvalue weighted by Gasteiger charge is 2.15. The minimum Gasteiger partial charge on any atom is -0.465 e. The third-order valence-electron chi connectivity index (χ3n) is 4.57. The van der Waals surface area contributed by atoms with Crippen LogP contribution in [0.2, 0.25) is 0 Å². The summed E-state index contributed by atoms with van der Waals surface area (Å²) in [7, 11) is 1.29. The van der Waals surface area contributed by atoms with Gasteiger partial charge >= 0.3 is 5.97 Å². The molecule has 3 aromatic carbocycles. The molecule has 1 unspecified atom stereocenters. The molecule has 6 nitrogen and oxygen atoms in total. The summed E-state index contributed by atoms with van der Waals surface area (Å²) in [5.41, 5.74) is 2.70. The fourth-order valence-electron chi connectivity index (χ4n) is 2.95. The van der Waals surface area contributed by atoms with E-state index in [4.69, 9.17) is 4.74 Å². The molecule has 0 aliphatic rings. The van der Waals surface area contributed by atoms with Gasteiger partial charge in [-0.25, -0.2) is 4.79 Å². The first-order valence-electron chi connectivity index (χ1n) is 9.43. The van der Waals surface area contributed by atoms with E-state index < -0.39 is 5.97 Å². The van der Waals surface area contributed by atoms with Crippen LogP contribution in [0, 0.1) is 0 Å². The molecule has 3 aromatic rings. The van der Waals surface area contributed by atoms with Crippen LogP contribution < -0.4 is 10.6 Å². The number of esters is 1. The molecule has 0 fully saturated rings. The number of carbonyl (C=O) groups excluding carboxylic acids is 3. The number of rotatable bonds is 6. The number of methoxy groups -OCH3 is 1. The number of carbonyl (C=O) groups is 3. The first kappa shape index (κ1) is 20.8. The van der Waals surface area contributed by atoms with Crippen LogP contribution in [0.3, 0.4) is 0 Å².